The van der Waals surface area contributed by atoms with Crippen molar-refractivity contribution in [3.8, 4) is 0 Å². The molecular formula is C14H17NO2S. The maximum atomic E-state index is 11.6. The van der Waals surface area contributed by atoms with Gasteiger partial charge in [0.25, 0.3) is 0 Å². The van der Waals surface area contributed by atoms with Crippen molar-refractivity contribution in [2.45, 2.75) is 19.3 Å². The van der Waals surface area contributed by atoms with Crippen molar-refractivity contribution in [3.63, 3.8) is 0 Å². The summed E-state index contributed by atoms with van der Waals surface area (Å²) in [4.78, 5) is 3.20. The van der Waals surface area contributed by atoms with Crippen molar-refractivity contribution in [2.24, 2.45) is 5.92 Å². The average molecular weight is 263 g/mol. The van der Waals surface area contributed by atoms with Crippen LogP contribution in [0.5, 0.6) is 0 Å². The van der Waals surface area contributed by atoms with Crippen molar-refractivity contribution in [3.05, 3.63) is 36.0 Å². The summed E-state index contributed by atoms with van der Waals surface area (Å²) in [5.74, 6) is 1.02. The maximum absolute atomic E-state index is 11.6. The Morgan fingerprint density at radius 3 is 3.00 bits per heavy atom. The van der Waals surface area contributed by atoms with Crippen molar-refractivity contribution in [1.29, 1.82) is 0 Å². The second-order valence-corrected chi connectivity index (χ2v) is 7.45. The normalized spacial score (nSPS) is 23.2. The van der Waals surface area contributed by atoms with Crippen LogP contribution in [0.2, 0.25) is 0 Å². The molecule has 1 saturated heterocycles. The number of hydrogen-bond donors (Lipinski definition) is 1. The van der Waals surface area contributed by atoms with Gasteiger partial charge in [0.1, 0.15) is 0 Å². The number of aromatic amines is 1. The van der Waals surface area contributed by atoms with E-state index in [4.69, 9.17) is 0 Å². The molecule has 0 aliphatic carbocycles. The molecule has 0 saturated carbocycles. The van der Waals surface area contributed by atoms with Crippen molar-refractivity contribution >= 4 is 20.7 Å². The van der Waals surface area contributed by atoms with E-state index >= 15 is 0 Å². The smallest absolute Gasteiger partial charge is 0.150 e. The fourth-order valence-corrected chi connectivity index (χ4v) is 4.61. The zero-order valence-electron chi connectivity index (χ0n) is 10.2. The SMILES string of the molecule is O=S1(=O)CCC[C@@H](Cc2ccc3cc[nH]c3c2)C1. The summed E-state index contributed by atoms with van der Waals surface area (Å²) >= 11 is 0. The van der Waals surface area contributed by atoms with E-state index in [0.29, 0.717) is 11.5 Å². The fraction of sp³-hybridized carbons (Fsp3) is 0.429. The zero-order chi connectivity index (χ0) is 12.6. The van der Waals surface area contributed by atoms with E-state index in [2.05, 4.69) is 23.2 Å². The van der Waals surface area contributed by atoms with Gasteiger partial charge in [0.05, 0.1) is 11.5 Å². The molecule has 3 rings (SSSR count). The highest BCUT2D eigenvalue weighted by atomic mass is 32.2. The molecule has 96 valence electrons. The molecule has 1 fully saturated rings. The molecule has 0 amide bonds. The first-order valence-electron chi connectivity index (χ1n) is 6.39. The summed E-state index contributed by atoms with van der Waals surface area (Å²) < 4.78 is 23.2. The number of hydrogen-bond acceptors (Lipinski definition) is 2. The van der Waals surface area contributed by atoms with Crippen LogP contribution < -0.4 is 0 Å². The Balaban J connectivity index is 1.79. The first-order valence-corrected chi connectivity index (χ1v) is 8.21. The Bertz CT molecular complexity index is 657. The molecule has 1 atom stereocenters. The number of benzene rings is 1. The third-order valence-electron chi connectivity index (χ3n) is 3.70. The predicted molar refractivity (Wildman–Crippen MR) is 73.4 cm³/mol. The molecule has 18 heavy (non-hydrogen) atoms. The molecule has 1 aromatic heterocycles. The highest BCUT2D eigenvalue weighted by Gasteiger charge is 2.24. The monoisotopic (exact) mass is 263 g/mol. The van der Waals surface area contributed by atoms with Gasteiger partial charge in [0.15, 0.2) is 9.84 Å². The number of aromatic nitrogens is 1. The Morgan fingerprint density at radius 2 is 2.17 bits per heavy atom. The summed E-state index contributed by atoms with van der Waals surface area (Å²) in [6, 6.07) is 8.39. The van der Waals surface area contributed by atoms with Crippen LogP contribution in [0.3, 0.4) is 0 Å². The largest absolute Gasteiger partial charge is 0.361 e. The first kappa shape index (κ1) is 11.8. The molecule has 0 unspecified atom stereocenters. The zero-order valence-corrected chi connectivity index (χ0v) is 11.0. The van der Waals surface area contributed by atoms with Crippen LogP contribution in [0.25, 0.3) is 10.9 Å². The second kappa shape index (κ2) is 4.43. The highest BCUT2D eigenvalue weighted by Crippen LogP contribution is 2.24. The van der Waals surface area contributed by atoms with Crippen molar-refractivity contribution in [2.75, 3.05) is 11.5 Å². The van der Waals surface area contributed by atoms with Crippen LogP contribution >= 0.6 is 0 Å². The molecule has 1 aliphatic heterocycles. The van der Waals surface area contributed by atoms with Crippen LogP contribution in [-0.2, 0) is 16.3 Å². The average Bonchev–Trinajstić information content (AvgIpc) is 2.74. The van der Waals surface area contributed by atoms with E-state index in [0.717, 1.165) is 24.8 Å². The van der Waals surface area contributed by atoms with E-state index in [-0.39, 0.29) is 5.92 Å². The summed E-state index contributed by atoms with van der Waals surface area (Å²) in [6.07, 6.45) is 4.65. The van der Waals surface area contributed by atoms with Crippen LogP contribution in [0, 0.1) is 5.92 Å². The first-order chi connectivity index (χ1) is 8.62. The van der Waals surface area contributed by atoms with Crippen LogP contribution in [0.4, 0.5) is 0 Å². The summed E-state index contributed by atoms with van der Waals surface area (Å²) in [7, 11) is -2.79. The Kier molecular flexibility index (Phi) is 2.90. The minimum Gasteiger partial charge on any atom is -0.361 e. The summed E-state index contributed by atoms with van der Waals surface area (Å²) in [6.45, 7) is 0. The molecule has 1 aromatic carbocycles. The highest BCUT2D eigenvalue weighted by molar-refractivity contribution is 7.91. The van der Waals surface area contributed by atoms with Crippen LogP contribution in [0.15, 0.2) is 30.5 Å². The molecule has 0 radical (unpaired) electrons. The molecule has 1 N–H and O–H groups in total. The Labute approximate surface area is 107 Å². The molecule has 4 heteroatoms. The van der Waals surface area contributed by atoms with E-state index in [1.54, 1.807) is 0 Å². The maximum Gasteiger partial charge on any atom is 0.150 e. The summed E-state index contributed by atoms with van der Waals surface area (Å²) in [5, 5.41) is 1.20. The standard InChI is InChI=1S/C14H17NO2S/c16-18(17)7-1-2-12(10-18)8-11-3-4-13-5-6-15-14(13)9-11/h3-6,9,12,15H,1-2,7-8,10H2/t12-/m0/s1. The molecular weight excluding hydrogens is 246 g/mol. The van der Waals surface area contributed by atoms with Gasteiger partial charge in [0, 0.05) is 11.7 Å². The Hall–Kier alpha value is -1.29. The van der Waals surface area contributed by atoms with Crippen molar-refractivity contribution in [1.82, 2.24) is 4.98 Å². The van der Waals surface area contributed by atoms with Gasteiger partial charge in [0.2, 0.25) is 0 Å². The molecule has 2 aromatic rings. The molecule has 1 aliphatic rings. The number of nitrogens with one attached hydrogen (secondary N) is 1. The third-order valence-corrected chi connectivity index (χ3v) is 5.59. The van der Waals surface area contributed by atoms with Gasteiger partial charge in [-0.25, -0.2) is 8.42 Å². The topological polar surface area (TPSA) is 49.9 Å². The Morgan fingerprint density at radius 1 is 1.28 bits per heavy atom. The lowest BCUT2D eigenvalue weighted by molar-refractivity contribution is 0.484. The lowest BCUT2D eigenvalue weighted by Gasteiger charge is -2.21. The van der Waals surface area contributed by atoms with Gasteiger partial charge in [-0.3, -0.25) is 0 Å². The number of rotatable bonds is 2. The van der Waals surface area contributed by atoms with Crippen LogP contribution in [0.1, 0.15) is 18.4 Å². The quantitative estimate of drug-likeness (QED) is 0.905. The van der Waals surface area contributed by atoms with Gasteiger partial charge in [-0.15, -0.1) is 0 Å². The van der Waals surface area contributed by atoms with E-state index in [1.165, 1.54) is 10.9 Å². The van der Waals surface area contributed by atoms with Crippen LogP contribution in [-0.4, -0.2) is 24.9 Å². The van der Waals surface area contributed by atoms with E-state index < -0.39 is 9.84 Å². The third kappa shape index (κ3) is 2.43. The lowest BCUT2D eigenvalue weighted by Crippen LogP contribution is -2.26. The van der Waals surface area contributed by atoms with Gasteiger partial charge in [-0.2, -0.15) is 0 Å². The predicted octanol–water partition coefficient (Wildman–Crippen LogP) is 2.54. The van der Waals surface area contributed by atoms with Gasteiger partial charge in [-0.05, 0) is 48.3 Å². The fourth-order valence-electron chi connectivity index (χ4n) is 2.83. The van der Waals surface area contributed by atoms with Crippen molar-refractivity contribution < 1.29 is 8.42 Å². The second-order valence-electron chi connectivity index (χ2n) is 5.23. The number of sulfone groups is 1. The molecule has 2 heterocycles. The van der Waals surface area contributed by atoms with Gasteiger partial charge < -0.3 is 4.98 Å². The lowest BCUT2D eigenvalue weighted by atomic mass is 9.96. The van der Waals surface area contributed by atoms with Gasteiger partial charge >= 0.3 is 0 Å². The number of fused-ring (bicyclic) bond motifs is 1. The molecule has 0 bridgehead atoms. The van der Waals surface area contributed by atoms with E-state index in [1.807, 2.05) is 12.3 Å². The minimum absolute atomic E-state index is 0.288. The minimum atomic E-state index is -2.79. The van der Waals surface area contributed by atoms with Gasteiger partial charge in [-0.1, -0.05) is 12.1 Å². The molecule has 3 nitrogen and oxygen atoms in total. The number of H-pyrrole nitrogens is 1. The van der Waals surface area contributed by atoms with E-state index in [9.17, 15) is 8.42 Å². The summed E-state index contributed by atoms with van der Waals surface area (Å²) in [5.41, 5.74) is 2.36. The molecule has 0 spiro atoms.